The fourth-order valence-corrected chi connectivity index (χ4v) is 0.939. The first-order chi connectivity index (χ1) is 3.66. The summed E-state index contributed by atoms with van der Waals surface area (Å²) in [5.74, 6) is 0.725. The summed E-state index contributed by atoms with van der Waals surface area (Å²) in [5.41, 5.74) is 5.43. The molecule has 50 valence electrons. The summed E-state index contributed by atoms with van der Waals surface area (Å²) in [6, 6.07) is 0. The van der Waals surface area contributed by atoms with Crippen molar-refractivity contribution >= 4 is 12.6 Å². The molecule has 0 aliphatic rings. The van der Waals surface area contributed by atoms with Gasteiger partial charge in [0.1, 0.15) is 0 Å². The highest BCUT2D eigenvalue weighted by atomic mass is 32.1. The molecule has 0 amide bonds. The van der Waals surface area contributed by atoms with E-state index in [-0.39, 0.29) is 5.37 Å². The summed E-state index contributed by atoms with van der Waals surface area (Å²) in [7, 11) is 0. The molecule has 2 atom stereocenters. The van der Waals surface area contributed by atoms with Gasteiger partial charge in [-0.1, -0.05) is 20.3 Å². The van der Waals surface area contributed by atoms with Crippen LogP contribution in [0.5, 0.6) is 0 Å². The lowest BCUT2D eigenvalue weighted by atomic mass is 10.1. The molecule has 0 rings (SSSR count). The Bertz CT molecular complexity index is 54.5. The number of hydrogen-bond donors (Lipinski definition) is 2. The van der Waals surface area contributed by atoms with Crippen molar-refractivity contribution in [3.8, 4) is 0 Å². The van der Waals surface area contributed by atoms with Crippen molar-refractivity contribution in [2.24, 2.45) is 11.7 Å². The molecule has 0 bridgehead atoms. The Labute approximate surface area is 57.1 Å². The number of hydrogen-bond acceptors (Lipinski definition) is 2. The van der Waals surface area contributed by atoms with Gasteiger partial charge in [-0.2, -0.15) is 12.6 Å². The summed E-state index contributed by atoms with van der Waals surface area (Å²) < 4.78 is 0. The first-order valence-electron chi connectivity index (χ1n) is 3.10. The Kier molecular flexibility index (Phi) is 4.38. The quantitative estimate of drug-likeness (QED) is 0.444. The van der Waals surface area contributed by atoms with Crippen molar-refractivity contribution in [2.45, 2.75) is 32.1 Å². The van der Waals surface area contributed by atoms with Crippen LogP contribution in [0.1, 0.15) is 26.7 Å². The SMILES string of the molecule is CCC(C)CC(N)S. The van der Waals surface area contributed by atoms with E-state index in [1.54, 1.807) is 0 Å². The molecule has 0 aromatic rings. The molecule has 0 saturated carbocycles. The summed E-state index contributed by atoms with van der Waals surface area (Å²) in [5, 5.41) is 0.0740. The van der Waals surface area contributed by atoms with E-state index < -0.39 is 0 Å². The van der Waals surface area contributed by atoms with E-state index in [1.807, 2.05) is 0 Å². The van der Waals surface area contributed by atoms with Gasteiger partial charge in [0.2, 0.25) is 0 Å². The molecule has 2 unspecified atom stereocenters. The molecular weight excluding hydrogens is 118 g/mol. The fraction of sp³-hybridized carbons (Fsp3) is 1.00. The van der Waals surface area contributed by atoms with Crippen LogP contribution >= 0.6 is 12.6 Å². The lowest BCUT2D eigenvalue weighted by molar-refractivity contribution is 0.511. The highest BCUT2D eigenvalue weighted by Gasteiger charge is 2.01. The molecule has 0 aliphatic carbocycles. The van der Waals surface area contributed by atoms with Gasteiger partial charge in [-0.25, -0.2) is 0 Å². The topological polar surface area (TPSA) is 26.0 Å². The summed E-state index contributed by atoms with van der Waals surface area (Å²) in [6.45, 7) is 4.36. The zero-order chi connectivity index (χ0) is 6.57. The van der Waals surface area contributed by atoms with Gasteiger partial charge in [0.15, 0.2) is 0 Å². The monoisotopic (exact) mass is 133 g/mol. The second-order valence-electron chi connectivity index (χ2n) is 2.32. The van der Waals surface area contributed by atoms with Gasteiger partial charge < -0.3 is 5.73 Å². The largest absolute Gasteiger partial charge is 0.320 e. The van der Waals surface area contributed by atoms with E-state index in [1.165, 1.54) is 6.42 Å². The van der Waals surface area contributed by atoms with Gasteiger partial charge in [-0.15, -0.1) is 0 Å². The molecule has 0 spiro atoms. The van der Waals surface area contributed by atoms with Crippen LogP contribution in [0.3, 0.4) is 0 Å². The molecule has 1 nitrogen and oxygen atoms in total. The Morgan fingerprint density at radius 1 is 1.62 bits per heavy atom. The first-order valence-corrected chi connectivity index (χ1v) is 3.62. The van der Waals surface area contributed by atoms with Crippen molar-refractivity contribution in [1.82, 2.24) is 0 Å². The van der Waals surface area contributed by atoms with Crippen LogP contribution in [0.25, 0.3) is 0 Å². The lowest BCUT2D eigenvalue weighted by Crippen LogP contribution is -2.15. The molecular formula is C6H15NS. The molecule has 8 heavy (non-hydrogen) atoms. The predicted molar refractivity (Wildman–Crippen MR) is 41.0 cm³/mol. The second kappa shape index (κ2) is 4.21. The van der Waals surface area contributed by atoms with Crippen LogP contribution in [0.4, 0.5) is 0 Å². The van der Waals surface area contributed by atoms with Gasteiger partial charge in [-0.3, -0.25) is 0 Å². The Morgan fingerprint density at radius 2 is 2.12 bits per heavy atom. The Balaban J connectivity index is 3.10. The third-order valence-corrected chi connectivity index (χ3v) is 1.55. The maximum atomic E-state index is 5.43. The third-order valence-electron chi connectivity index (χ3n) is 1.34. The Morgan fingerprint density at radius 3 is 2.25 bits per heavy atom. The number of thiol groups is 1. The van der Waals surface area contributed by atoms with Crippen LogP contribution in [0, 0.1) is 5.92 Å². The van der Waals surface area contributed by atoms with Crippen molar-refractivity contribution in [2.75, 3.05) is 0 Å². The molecule has 0 aromatic heterocycles. The van der Waals surface area contributed by atoms with Crippen LogP contribution in [-0.2, 0) is 0 Å². The van der Waals surface area contributed by atoms with Crippen LogP contribution < -0.4 is 5.73 Å². The number of rotatable bonds is 3. The summed E-state index contributed by atoms with van der Waals surface area (Å²) >= 11 is 4.07. The highest BCUT2D eigenvalue weighted by Crippen LogP contribution is 2.09. The molecule has 2 N–H and O–H groups in total. The second-order valence-corrected chi connectivity index (χ2v) is 2.98. The average molecular weight is 133 g/mol. The lowest BCUT2D eigenvalue weighted by Gasteiger charge is -2.09. The normalized spacial score (nSPS) is 18.0. The fourth-order valence-electron chi connectivity index (χ4n) is 0.579. The van der Waals surface area contributed by atoms with Gasteiger partial charge in [0, 0.05) is 5.37 Å². The van der Waals surface area contributed by atoms with Crippen molar-refractivity contribution < 1.29 is 0 Å². The predicted octanol–water partition coefficient (Wildman–Crippen LogP) is 1.64. The molecule has 0 saturated heterocycles. The minimum absolute atomic E-state index is 0.0740. The van der Waals surface area contributed by atoms with Crippen LogP contribution in [-0.4, -0.2) is 5.37 Å². The van der Waals surface area contributed by atoms with Gasteiger partial charge in [0.25, 0.3) is 0 Å². The average Bonchev–Trinajstić information content (AvgIpc) is 1.65. The maximum Gasteiger partial charge on any atom is 0.0479 e. The minimum atomic E-state index is 0.0740. The highest BCUT2D eigenvalue weighted by molar-refractivity contribution is 7.80. The van der Waals surface area contributed by atoms with Gasteiger partial charge in [0.05, 0.1) is 0 Å². The summed E-state index contributed by atoms with van der Waals surface area (Å²) in [4.78, 5) is 0. The van der Waals surface area contributed by atoms with Crippen molar-refractivity contribution in [1.29, 1.82) is 0 Å². The maximum absolute atomic E-state index is 5.43. The zero-order valence-corrected chi connectivity index (χ0v) is 6.49. The van der Waals surface area contributed by atoms with Gasteiger partial charge in [-0.05, 0) is 12.3 Å². The van der Waals surface area contributed by atoms with E-state index in [0.29, 0.717) is 0 Å². The van der Waals surface area contributed by atoms with E-state index in [4.69, 9.17) is 5.73 Å². The summed E-state index contributed by atoms with van der Waals surface area (Å²) in [6.07, 6.45) is 2.23. The van der Waals surface area contributed by atoms with Crippen LogP contribution in [0.2, 0.25) is 0 Å². The standard InChI is InChI=1S/C6H15NS/c1-3-5(2)4-6(7)8/h5-6,8H,3-4,7H2,1-2H3. The van der Waals surface area contributed by atoms with E-state index in [9.17, 15) is 0 Å². The van der Waals surface area contributed by atoms with Crippen molar-refractivity contribution in [3.05, 3.63) is 0 Å². The Hall–Kier alpha value is 0.310. The molecule has 0 aliphatic heterocycles. The van der Waals surface area contributed by atoms with E-state index >= 15 is 0 Å². The molecule has 2 heteroatoms. The molecule has 0 aromatic carbocycles. The molecule has 0 radical (unpaired) electrons. The molecule has 0 fully saturated rings. The van der Waals surface area contributed by atoms with E-state index in [2.05, 4.69) is 26.5 Å². The smallest absolute Gasteiger partial charge is 0.0479 e. The first kappa shape index (κ1) is 8.31. The minimum Gasteiger partial charge on any atom is -0.320 e. The molecule has 0 heterocycles. The van der Waals surface area contributed by atoms with E-state index in [0.717, 1.165) is 12.3 Å². The van der Waals surface area contributed by atoms with Crippen LogP contribution in [0.15, 0.2) is 0 Å². The van der Waals surface area contributed by atoms with Crippen molar-refractivity contribution in [3.63, 3.8) is 0 Å². The zero-order valence-electron chi connectivity index (χ0n) is 5.59. The third kappa shape index (κ3) is 4.47. The van der Waals surface area contributed by atoms with Gasteiger partial charge >= 0.3 is 0 Å². The number of nitrogens with two attached hydrogens (primary N) is 1.